The molecule has 0 aromatic heterocycles. The van der Waals surface area contributed by atoms with Crippen LogP contribution >= 0.6 is 0 Å². The fourth-order valence-corrected chi connectivity index (χ4v) is 8.90. The highest BCUT2D eigenvalue weighted by Gasteiger charge is 2.20. The van der Waals surface area contributed by atoms with E-state index in [1.165, 1.54) is 109 Å². The van der Waals surface area contributed by atoms with E-state index in [0.29, 0.717) is 0 Å². The average Bonchev–Trinajstić information content (AvgIpc) is 3.24. The van der Waals surface area contributed by atoms with Crippen LogP contribution in [0.3, 0.4) is 0 Å². The van der Waals surface area contributed by atoms with Crippen molar-refractivity contribution < 1.29 is 0 Å². The van der Waals surface area contributed by atoms with Crippen LogP contribution in [0.5, 0.6) is 0 Å². The second-order valence-corrected chi connectivity index (χ2v) is 14.4. The minimum atomic E-state index is 1.21. The summed E-state index contributed by atoms with van der Waals surface area (Å²) < 4.78 is 0. The van der Waals surface area contributed by atoms with Crippen molar-refractivity contribution in [2.75, 3.05) is 0 Å². The normalized spacial score (nSPS) is 11.7. The Morgan fingerprint density at radius 2 is 0.556 bits per heavy atom. The highest BCUT2D eigenvalue weighted by atomic mass is 14.2. The summed E-state index contributed by atoms with van der Waals surface area (Å²) in [4.78, 5) is 0. The Bertz CT molecular complexity index is 3260. The van der Waals surface area contributed by atoms with Gasteiger partial charge in [-0.3, -0.25) is 0 Å². The zero-order valence-electron chi connectivity index (χ0n) is 29.6. The van der Waals surface area contributed by atoms with Crippen molar-refractivity contribution in [3.8, 4) is 44.5 Å². The second kappa shape index (κ2) is 12.3. The third-order valence-electron chi connectivity index (χ3n) is 11.4. The highest BCUT2D eigenvalue weighted by molar-refractivity contribution is 6.25. The number of fused-ring (bicyclic) bond motifs is 6. The molecule has 250 valence electrons. The SMILES string of the molecule is c1ccc2c(-c3ccc4cc(-c5ccc6c(-c7cccc8ccccc78)c7ccccc7c(-c7cccc8ccccc78)c6c5)ccc4c3)cccc2c1. The minimum Gasteiger partial charge on any atom is -0.0616 e. The van der Waals surface area contributed by atoms with Crippen LogP contribution in [0.4, 0.5) is 0 Å². The van der Waals surface area contributed by atoms with E-state index in [0.717, 1.165) is 0 Å². The zero-order chi connectivity index (χ0) is 35.6. The molecule has 0 aliphatic heterocycles. The fraction of sp³-hybridized carbons (Fsp3) is 0. The molecule has 0 saturated heterocycles. The first-order valence-electron chi connectivity index (χ1n) is 18.8. The van der Waals surface area contributed by atoms with Crippen molar-refractivity contribution in [1.82, 2.24) is 0 Å². The summed E-state index contributed by atoms with van der Waals surface area (Å²) in [6.45, 7) is 0. The Morgan fingerprint density at radius 3 is 1.13 bits per heavy atom. The van der Waals surface area contributed by atoms with Crippen LogP contribution in [0.25, 0.3) is 109 Å². The van der Waals surface area contributed by atoms with Crippen LogP contribution in [0.15, 0.2) is 206 Å². The lowest BCUT2D eigenvalue weighted by molar-refractivity contribution is 1.65. The smallest absolute Gasteiger partial charge is 0.00199 e. The van der Waals surface area contributed by atoms with Crippen LogP contribution in [0, 0.1) is 0 Å². The van der Waals surface area contributed by atoms with Gasteiger partial charge in [-0.25, -0.2) is 0 Å². The van der Waals surface area contributed by atoms with Gasteiger partial charge in [-0.2, -0.15) is 0 Å². The van der Waals surface area contributed by atoms with E-state index < -0.39 is 0 Å². The van der Waals surface area contributed by atoms with Gasteiger partial charge < -0.3 is 0 Å². The fourth-order valence-electron chi connectivity index (χ4n) is 8.90. The maximum Gasteiger partial charge on any atom is -0.00199 e. The van der Waals surface area contributed by atoms with E-state index in [9.17, 15) is 0 Å². The topological polar surface area (TPSA) is 0 Å². The molecule has 0 saturated carbocycles. The van der Waals surface area contributed by atoms with Crippen molar-refractivity contribution in [1.29, 1.82) is 0 Å². The highest BCUT2D eigenvalue weighted by Crippen LogP contribution is 2.47. The van der Waals surface area contributed by atoms with Gasteiger partial charge in [0.05, 0.1) is 0 Å². The summed E-state index contributed by atoms with van der Waals surface area (Å²) in [5.41, 5.74) is 10.0. The molecule has 54 heavy (non-hydrogen) atoms. The first-order chi connectivity index (χ1) is 26.8. The molecule has 0 unspecified atom stereocenters. The molecule has 0 aliphatic rings. The predicted molar refractivity (Wildman–Crippen MR) is 233 cm³/mol. The number of hydrogen-bond donors (Lipinski definition) is 0. The van der Waals surface area contributed by atoms with E-state index in [1.807, 2.05) is 0 Å². The van der Waals surface area contributed by atoms with E-state index in [2.05, 4.69) is 206 Å². The quantitative estimate of drug-likeness (QED) is 0.162. The number of benzene rings is 11. The van der Waals surface area contributed by atoms with Gasteiger partial charge in [0.2, 0.25) is 0 Å². The van der Waals surface area contributed by atoms with Crippen LogP contribution < -0.4 is 0 Å². The molecule has 0 aliphatic carbocycles. The molecule has 11 aromatic carbocycles. The summed E-state index contributed by atoms with van der Waals surface area (Å²) in [5, 5.41) is 15.1. The third kappa shape index (κ3) is 4.85. The van der Waals surface area contributed by atoms with Crippen LogP contribution in [-0.2, 0) is 0 Å². The Balaban J connectivity index is 1.16. The van der Waals surface area contributed by atoms with Crippen molar-refractivity contribution in [3.63, 3.8) is 0 Å². The van der Waals surface area contributed by atoms with Gasteiger partial charge >= 0.3 is 0 Å². The minimum absolute atomic E-state index is 1.21. The molecule has 0 heterocycles. The number of hydrogen-bond acceptors (Lipinski definition) is 0. The van der Waals surface area contributed by atoms with Gasteiger partial charge in [-0.05, 0) is 127 Å². The van der Waals surface area contributed by atoms with Crippen molar-refractivity contribution in [2.45, 2.75) is 0 Å². The van der Waals surface area contributed by atoms with Gasteiger partial charge in [0.25, 0.3) is 0 Å². The predicted octanol–water partition coefficient (Wildman–Crippen LogP) is 15.3. The Morgan fingerprint density at radius 1 is 0.185 bits per heavy atom. The van der Waals surface area contributed by atoms with Crippen molar-refractivity contribution >= 4 is 64.6 Å². The van der Waals surface area contributed by atoms with Crippen molar-refractivity contribution in [2.24, 2.45) is 0 Å². The van der Waals surface area contributed by atoms with Gasteiger partial charge in [0.1, 0.15) is 0 Å². The Hall–Kier alpha value is -7.02. The second-order valence-electron chi connectivity index (χ2n) is 14.4. The van der Waals surface area contributed by atoms with Crippen molar-refractivity contribution in [3.05, 3.63) is 206 Å². The van der Waals surface area contributed by atoms with Gasteiger partial charge in [0, 0.05) is 0 Å². The average molecular weight is 683 g/mol. The molecule has 0 atom stereocenters. The van der Waals surface area contributed by atoms with E-state index >= 15 is 0 Å². The number of rotatable bonds is 4. The molecule has 0 bridgehead atoms. The Kier molecular flexibility index (Phi) is 6.97. The lowest BCUT2D eigenvalue weighted by Crippen LogP contribution is -1.93. The molecule has 0 amide bonds. The van der Waals surface area contributed by atoms with Gasteiger partial charge in [-0.1, -0.05) is 188 Å². The largest absolute Gasteiger partial charge is 0.0616 e. The van der Waals surface area contributed by atoms with Crippen LogP contribution in [-0.4, -0.2) is 0 Å². The van der Waals surface area contributed by atoms with Crippen LogP contribution in [0.1, 0.15) is 0 Å². The molecule has 11 rings (SSSR count). The summed E-state index contributed by atoms with van der Waals surface area (Å²) in [6, 6.07) is 76.2. The van der Waals surface area contributed by atoms with E-state index in [-0.39, 0.29) is 0 Å². The van der Waals surface area contributed by atoms with Gasteiger partial charge in [0.15, 0.2) is 0 Å². The van der Waals surface area contributed by atoms with Crippen LogP contribution in [0.2, 0.25) is 0 Å². The molecule has 0 nitrogen and oxygen atoms in total. The molecular formula is C54H34. The standard InChI is InChI=1S/C54H34/c1-4-18-43-35(12-1)15-9-23-46(43)42-29-28-38-32-39(26-27-40(38)33-42)41-30-31-51-52(34-41)54(48-25-11-17-37-14-3-6-20-45(37)48)50-22-8-7-21-49(50)53(51)47-24-10-16-36-13-2-5-19-44(36)47/h1-34H. The Labute approximate surface area is 314 Å². The summed E-state index contributed by atoms with van der Waals surface area (Å²) in [7, 11) is 0. The van der Waals surface area contributed by atoms with E-state index in [4.69, 9.17) is 0 Å². The molecule has 11 aromatic rings. The maximum atomic E-state index is 2.44. The third-order valence-corrected chi connectivity index (χ3v) is 11.4. The van der Waals surface area contributed by atoms with E-state index in [1.54, 1.807) is 0 Å². The maximum absolute atomic E-state index is 2.44. The summed E-state index contributed by atoms with van der Waals surface area (Å²) >= 11 is 0. The first-order valence-corrected chi connectivity index (χ1v) is 18.8. The monoisotopic (exact) mass is 682 g/mol. The zero-order valence-corrected chi connectivity index (χ0v) is 29.6. The first kappa shape index (κ1) is 30.6. The lowest BCUT2D eigenvalue weighted by atomic mass is 9.83. The molecule has 0 heteroatoms. The van der Waals surface area contributed by atoms with Gasteiger partial charge in [-0.15, -0.1) is 0 Å². The summed E-state index contributed by atoms with van der Waals surface area (Å²) in [6.07, 6.45) is 0. The summed E-state index contributed by atoms with van der Waals surface area (Å²) in [5.74, 6) is 0. The molecule has 0 spiro atoms. The molecule has 0 N–H and O–H groups in total. The molecule has 0 radical (unpaired) electrons. The molecular weight excluding hydrogens is 649 g/mol. The molecule has 0 fully saturated rings. The lowest BCUT2D eigenvalue weighted by Gasteiger charge is -2.20.